The standard InChI is InChI=1S/C26H32N4O4S2/c1-26(2,3)24-22-23(19-7-6-14-35-19)36-16-21(32)29(15-20(31)27-12-13-33-4)25(22)30(28-24)17-8-10-18(34-5)11-9-17/h6-11,14,23H,12-13,15-16H2,1-5H3,(H,27,31). The molecule has 36 heavy (non-hydrogen) atoms. The SMILES string of the molecule is COCCNC(=O)CN1C(=O)CSC(c2cccs2)c2c(C(C)(C)C)nn(-c3ccc(OC)cc3)c21. The number of hydrogen-bond acceptors (Lipinski definition) is 7. The minimum atomic E-state index is -0.294. The number of aromatic nitrogens is 2. The van der Waals surface area contributed by atoms with Gasteiger partial charge in [-0.2, -0.15) is 5.10 Å². The molecule has 3 heterocycles. The lowest BCUT2D eigenvalue weighted by molar-refractivity contribution is -0.123. The Morgan fingerprint density at radius 3 is 2.56 bits per heavy atom. The maximum absolute atomic E-state index is 13.5. The maximum Gasteiger partial charge on any atom is 0.240 e. The number of ether oxygens (including phenoxy) is 2. The summed E-state index contributed by atoms with van der Waals surface area (Å²) in [6.07, 6.45) is 0. The Morgan fingerprint density at radius 2 is 1.94 bits per heavy atom. The van der Waals surface area contributed by atoms with Crippen LogP contribution in [0.25, 0.3) is 5.69 Å². The van der Waals surface area contributed by atoms with Crippen molar-refractivity contribution in [2.75, 3.05) is 44.6 Å². The fourth-order valence-corrected chi connectivity index (χ4v) is 6.31. The first-order valence-corrected chi connectivity index (χ1v) is 13.7. The second kappa shape index (κ2) is 11.1. The third-order valence-corrected chi connectivity index (χ3v) is 8.17. The number of thiophene rings is 1. The average Bonchev–Trinajstić information content (AvgIpc) is 3.49. The molecule has 0 fully saturated rings. The Bertz CT molecular complexity index is 1200. The number of nitrogens with one attached hydrogen (secondary N) is 1. The summed E-state index contributed by atoms with van der Waals surface area (Å²) in [5.41, 5.74) is 2.37. The van der Waals surface area contributed by atoms with Crippen LogP contribution in [0.15, 0.2) is 41.8 Å². The van der Waals surface area contributed by atoms with Gasteiger partial charge in [-0.15, -0.1) is 23.1 Å². The predicted molar refractivity (Wildman–Crippen MR) is 145 cm³/mol. The molecule has 4 rings (SSSR count). The molecule has 1 aliphatic rings. The van der Waals surface area contributed by atoms with E-state index in [2.05, 4.69) is 32.2 Å². The van der Waals surface area contributed by atoms with Crippen LogP contribution in [0.3, 0.4) is 0 Å². The van der Waals surface area contributed by atoms with Crippen molar-refractivity contribution in [2.24, 2.45) is 0 Å². The number of rotatable bonds is 8. The maximum atomic E-state index is 13.5. The highest BCUT2D eigenvalue weighted by Crippen LogP contribution is 2.49. The number of hydrogen-bond donors (Lipinski definition) is 1. The third-order valence-electron chi connectivity index (χ3n) is 5.85. The van der Waals surface area contributed by atoms with E-state index in [-0.39, 0.29) is 34.8 Å². The minimum Gasteiger partial charge on any atom is -0.497 e. The zero-order chi connectivity index (χ0) is 25.9. The molecule has 0 radical (unpaired) electrons. The van der Waals surface area contributed by atoms with Crippen molar-refractivity contribution < 1.29 is 19.1 Å². The van der Waals surface area contributed by atoms with Gasteiger partial charge in [0.2, 0.25) is 11.8 Å². The Kier molecular flexibility index (Phi) is 8.07. The van der Waals surface area contributed by atoms with Crippen molar-refractivity contribution in [3.63, 3.8) is 0 Å². The molecule has 0 spiro atoms. The summed E-state index contributed by atoms with van der Waals surface area (Å²) in [6, 6.07) is 11.7. The Balaban J connectivity index is 1.92. The molecule has 0 saturated carbocycles. The lowest BCUT2D eigenvalue weighted by Crippen LogP contribution is -2.43. The van der Waals surface area contributed by atoms with Crippen molar-refractivity contribution >= 4 is 40.7 Å². The molecular weight excluding hydrogens is 496 g/mol. The third kappa shape index (κ3) is 5.45. The van der Waals surface area contributed by atoms with E-state index >= 15 is 0 Å². The van der Waals surface area contributed by atoms with Gasteiger partial charge in [-0.1, -0.05) is 26.8 Å². The van der Waals surface area contributed by atoms with Crippen LogP contribution in [0.2, 0.25) is 0 Å². The van der Waals surface area contributed by atoms with E-state index in [1.54, 1.807) is 42.2 Å². The fourth-order valence-electron chi connectivity index (χ4n) is 4.13. The second-order valence-electron chi connectivity index (χ2n) is 9.47. The molecule has 1 atom stereocenters. The van der Waals surface area contributed by atoms with Crippen molar-refractivity contribution in [2.45, 2.75) is 31.4 Å². The van der Waals surface area contributed by atoms with Gasteiger partial charge < -0.3 is 14.8 Å². The van der Waals surface area contributed by atoms with Crippen LogP contribution in [0, 0.1) is 0 Å². The first-order chi connectivity index (χ1) is 17.2. The Morgan fingerprint density at radius 1 is 1.19 bits per heavy atom. The molecule has 0 aliphatic carbocycles. The molecule has 1 unspecified atom stereocenters. The Labute approximate surface area is 220 Å². The van der Waals surface area contributed by atoms with Crippen molar-refractivity contribution in [3.05, 3.63) is 57.9 Å². The summed E-state index contributed by atoms with van der Waals surface area (Å²) in [7, 11) is 3.21. The van der Waals surface area contributed by atoms with E-state index in [9.17, 15) is 9.59 Å². The number of thioether (sulfide) groups is 1. The lowest BCUT2D eigenvalue weighted by atomic mass is 9.88. The molecule has 2 aromatic heterocycles. The van der Waals surface area contributed by atoms with Crippen molar-refractivity contribution in [3.8, 4) is 11.4 Å². The lowest BCUT2D eigenvalue weighted by Gasteiger charge is -2.24. The van der Waals surface area contributed by atoms with Gasteiger partial charge in [0.25, 0.3) is 0 Å². The van der Waals surface area contributed by atoms with E-state index in [0.29, 0.717) is 19.0 Å². The van der Waals surface area contributed by atoms with Crippen LogP contribution in [0.1, 0.15) is 42.2 Å². The highest BCUT2D eigenvalue weighted by Gasteiger charge is 2.40. The van der Waals surface area contributed by atoms with Gasteiger partial charge in [0.05, 0.1) is 36.1 Å². The number of methoxy groups -OCH3 is 2. The first-order valence-electron chi connectivity index (χ1n) is 11.7. The quantitative estimate of drug-likeness (QED) is 0.442. The van der Waals surface area contributed by atoms with Crippen LogP contribution >= 0.6 is 23.1 Å². The number of fused-ring (bicyclic) bond motifs is 1. The number of carbonyl (C=O) groups excluding carboxylic acids is 2. The number of benzene rings is 1. The van der Waals surface area contributed by atoms with E-state index in [4.69, 9.17) is 14.6 Å². The molecule has 2 amide bonds. The molecule has 192 valence electrons. The highest BCUT2D eigenvalue weighted by molar-refractivity contribution is 8.00. The van der Waals surface area contributed by atoms with Gasteiger partial charge >= 0.3 is 0 Å². The first kappa shape index (κ1) is 26.2. The van der Waals surface area contributed by atoms with E-state index in [1.807, 2.05) is 40.4 Å². The van der Waals surface area contributed by atoms with Crippen LogP contribution in [0.4, 0.5) is 5.82 Å². The summed E-state index contributed by atoms with van der Waals surface area (Å²) < 4.78 is 12.2. The molecule has 0 bridgehead atoms. The van der Waals surface area contributed by atoms with Gasteiger partial charge in [-0.05, 0) is 35.7 Å². The summed E-state index contributed by atoms with van der Waals surface area (Å²) in [4.78, 5) is 29.2. The van der Waals surface area contributed by atoms with Crippen LogP contribution in [0.5, 0.6) is 5.75 Å². The number of carbonyl (C=O) groups is 2. The van der Waals surface area contributed by atoms with Crippen molar-refractivity contribution in [1.29, 1.82) is 0 Å². The van der Waals surface area contributed by atoms with E-state index < -0.39 is 0 Å². The van der Waals surface area contributed by atoms with Gasteiger partial charge in [0, 0.05) is 29.5 Å². The van der Waals surface area contributed by atoms with Crippen LogP contribution in [-0.4, -0.2) is 61.3 Å². The zero-order valence-electron chi connectivity index (χ0n) is 21.2. The smallest absolute Gasteiger partial charge is 0.240 e. The number of nitrogens with zero attached hydrogens (tertiary/aromatic N) is 3. The summed E-state index contributed by atoms with van der Waals surface area (Å²) in [6.45, 7) is 7.05. The number of anilines is 1. The second-order valence-corrected chi connectivity index (χ2v) is 11.5. The zero-order valence-corrected chi connectivity index (χ0v) is 22.9. The average molecular weight is 529 g/mol. The molecule has 1 N–H and O–H groups in total. The summed E-state index contributed by atoms with van der Waals surface area (Å²) in [5, 5.41) is 9.90. The monoisotopic (exact) mass is 528 g/mol. The van der Waals surface area contributed by atoms with Crippen molar-refractivity contribution in [1.82, 2.24) is 15.1 Å². The molecule has 8 nitrogen and oxygen atoms in total. The summed E-state index contributed by atoms with van der Waals surface area (Å²) >= 11 is 3.25. The highest BCUT2D eigenvalue weighted by atomic mass is 32.2. The number of amides is 2. The van der Waals surface area contributed by atoms with Gasteiger partial charge in [0.15, 0.2) is 0 Å². The molecule has 0 saturated heterocycles. The van der Waals surface area contributed by atoms with E-state index in [0.717, 1.165) is 27.6 Å². The molecular formula is C26H32N4O4S2. The summed E-state index contributed by atoms with van der Waals surface area (Å²) in [5.74, 6) is 1.25. The largest absolute Gasteiger partial charge is 0.497 e. The molecule has 1 aliphatic heterocycles. The fraction of sp³-hybridized carbons (Fsp3) is 0.423. The molecule has 1 aromatic carbocycles. The normalized spacial score (nSPS) is 16.0. The van der Waals surface area contributed by atoms with Gasteiger partial charge in [-0.3, -0.25) is 14.5 Å². The predicted octanol–water partition coefficient (Wildman–Crippen LogP) is 4.17. The topological polar surface area (TPSA) is 85.7 Å². The molecule has 10 heteroatoms. The minimum absolute atomic E-state index is 0.0771. The van der Waals surface area contributed by atoms with Gasteiger partial charge in [-0.25, -0.2) is 4.68 Å². The van der Waals surface area contributed by atoms with Gasteiger partial charge in [0.1, 0.15) is 18.1 Å². The van der Waals surface area contributed by atoms with Crippen LogP contribution in [-0.2, 0) is 19.7 Å². The Hall–Kier alpha value is -2.82. The van der Waals surface area contributed by atoms with Crippen LogP contribution < -0.4 is 15.0 Å². The molecule has 3 aromatic rings. The van der Waals surface area contributed by atoms with E-state index in [1.165, 1.54) is 0 Å².